The van der Waals surface area contributed by atoms with Crippen LogP contribution >= 0.6 is 11.6 Å². The molecule has 0 unspecified atom stereocenters. The first-order valence-electron chi connectivity index (χ1n) is 6.29. The Morgan fingerprint density at radius 3 is 2.75 bits per heavy atom. The monoisotopic (exact) mass is 289 g/mol. The zero-order valence-corrected chi connectivity index (χ0v) is 12.0. The summed E-state index contributed by atoms with van der Waals surface area (Å²) >= 11 is 5.77. The number of rotatable bonds is 5. The molecule has 0 aliphatic rings. The third-order valence-electron chi connectivity index (χ3n) is 2.98. The molecule has 0 radical (unpaired) electrons. The smallest absolute Gasteiger partial charge is 0.251 e. The predicted octanol–water partition coefficient (Wildman–Crippen LogP) is 3.36. The number of methoxy groups -OCH3 is 1. The normalized spacial score (nSPS) is 10.1. The van der Waals surface area contributed by atoms with Crippen molar-refractivity contribution < 1.29 is 9.53 Å². The lowest BCUT2D eigenvalue weighted by Crippen LogP contribution is -2.23. The molecule has 0 atom stereocenters. The van der Waals surface area contributed by atoms with Crippen LogP contribution < -0.4 is 10.1 Å². The van der Waals surface area contributed by atoms with Crippen molar-refractivity contribution in [3.05, 3.63) is 65.2 Å². The predicted molar refractivity (Wildman–Crippen MR) is 80.2 cm³/mol. The number of amides is 1. The van der Waals surface area contributed by atoms with Crippen molar-refractivity contribution in [2.75, 3.05) is 7.11 Å². The van der Waals surface area contributed by atoms with E-state index in [4.69, 9.17) is 16.3 Å². The van der Waals surface area contributed by atoms with E-state index < -0.39 is 0 Å². The van der Waals surface area contributed by atoms with E-state index in [-0.39, 0.29) is 5.91 Å². The lowest BCUT2D eigenvalue weighted by atomic mass is 10.1. The molecule has 20 heavy (non-hydrogen) atoms. The number of benzene rings is 2. The number of para-hydroxylation sites is 1. The Labute approximate surface area is 123 Å². The van der Waals surface area contributed by atoms with Gasteiger partial charge in [-0.2, -0.15) is 0 Å². The average molecular weight is 290 g/mol. The highest BCUT2D eigenvalue weighted by molar-refractivity contribution is 6.17. The molecule has 0 heterocycles. The van der Waals surface area contributed by atoms with Gasteiger partial charge in [0.1, 0.15) is 5.75 Å². The Bertz CT molecular complexity index is 599. The number of nitrogens with one attached hydrogen (secondary N) is 1. The summed E-state index contributed by atoms with van der Waals surface area (Å²) in [5.74, 6) is 1.04. The minimum Gasteiger partial charge on any atom is -0.496 e. The summed E-state index contributed by atoms with van der Waals surface area (Å²) < 4.78 is 5.25. The first-order valence-corrected chi connectivity index (χ1v) is 6.83. The Morgan fingerprint density at radius 1 is 1.20 bits per heavy atom. The van der Waals surface area contributed by atoms with Crippen LogP contribution in [0.2, 0.25) is 0 Å². The Kier molecular flexibility index (Phi) is 5.02. The Balaban J connectivity index is 2.04. The van der Waals surface area contributed by atoms with Gasteiger partial charge in [-0.3, -0.25) is 4.79 Å². The van der Waals surface area contributed by atoms with Crippen LogP contribution in [0.4, 0.5) is 0 Å². The summed E-state index contributed by atoms with van der Waals surface area (Å²) in [4.78, 5) is 12.1. The number of hydrogen-bond donors (Lipinski definition) is 1. The van der Waals surface area contributed by atoms with Crippen LogP contribution in [0.25, 0.3) is 0 Å². The van der Waals surface area contributed by atoms with Crippen LogP contribution in [0.15, 0.2) is 48.5 Å². The van der Waals surface area contributed by atoms with Crippen molar-refractivity contribution in [2.45, 2.75) is 12.4 Å². The van der Waals surface area contributed by atoms with Crippen LogP contribution in [0, 0.1) is 0 Å². The molecule has 1 N–H and O–H groups in total. The topological polar surface area (TPSA) is 38.3 Å². The van der Waals surface area contributed by atoms with E-state index >= 15 is 0 Å². The molecule has 3 nitrogen and oxygen atoms in total. The standard InChI is InChI=1S/C16H16ClNO2/c1-20-15-8-3-2-6-14(15)11-18-16(19)13-7-4-5-12(9-13)10-17/h2-9H,10-11H2,1H3,(H,18,19). The first-order chi connectivity index (χ1) is 9.74. The minimum atomic E-state index is -0.122. The lowest BCUT2D eigenvalue weighted by molar-refractivity contribution is 0.0950. The van der Waals surface area contributed by atoms with Crippen molar-refractivity contribution in [2.24, 2.45) is 0 Å². The van der Waals surface area contributed by atoms with Gasteiger partial charge in [-0.05, 0) is 23.8 Å². The molecule has 1 amide bonds. The number of carbonyl (C=O) groups is 1. The number of ether oxygens (including phenoxy) is 1. The van der Waals surface area contributed by atoms with Gasteiger partial charge in [0, 0.05) is 23.6 Å². The van der Waals surface area contributed by atoms with E-state index in [2.05, 4.69) is 5.32 Å². The van der Waals surface area contributed by atoms with Gasteiger partial charge in [-0.25, -0.2) is 0 Å². The second-order valence-corrected chi connectivity index (χ2v) is 4.60. The second-order valence-electron chi connectivity index (χ2n) is 4.33. The van der Waals surface area contributed by atoms with Gasteiger partial charge >= 0.3 is 0 Å². The highest BCUT2D eigenvalue weighted by Crippen LogP contribution is 2.17. The maximum Gasteiger partial charge on any atom is 0.251 e. The Morgan fingerprint density at radius 2 is 2.00 bits per heavy atom. The number of hydrogen-bond acceptors (Lipinski definition) is 2. The molecule has 0 aliphatic heterocycles. The first kappa shape index (κ1) is 14.4. The van der Waals surface area contributed by atoms with Gasteiger partial charge in [-0.15, -0.1) is 11.6 Å². The highest BCUT2D eigenvalue weighted by atomic mass is 35.5. The maximum absolute atomic E-state index is 12.1. The van der Waals surface area contributed by atoms with E-state index in [0.717, 1.165) is 16.9 Å². The fourth-order valence-electron chi connectivity index (χ4n) is 1.92. The van der Waals surface area contributed by atoms with Crippen molar-refractivity contribution in [3.8, 4) is 5.75 Å². The van der Waals surface area contributed by atoms with Crippen molar-refractivity contribution in [3.63, 3.8) is 0 Å². The fourth-order valence-corrected chi connectivity index (χ4v) is 2.09. The van der Waals surface area contributed by atoms with Gasteiger partial charge < -0.3 is 10.1 Å². The summed E-state index contributed by atoms with van der Waals surface area (Å²) in [7, 11) is 1.62. The van der Waals surface area contributed by atoms with Gasteiger partial charge in [0.15, 0.2) is 0 Å². The lowest BCUT2D eigenvalue weighted by Gasteiger charge is -2.10. The molecule has 0 saturated carbocycles. The van der Waals surface area contributed by atoms with Crippen LogP contribution in [0.1, 0.15) is 21.5 Å². The summed E-state index contributed by atoms with van der Waals surface area (Å²) in [6.07, 6.45) is 0. The van der Waals surface area contributed by atoms with E-state index in [0.29, 0.717) is 18.0 Å². The molecular weight excluding hydrogens is 274 g/mol. The maximum atomic E-state index is 12.1. The molecule has 0 spiro atoms. The van der Waals surface area contributed by atoms with Crippen LogP contribution in [0.3, 0.4) is 0 Å². The van der Waals surface area contributed by atoms with E-state index in [1.807, 2.05) is 36.4 Å². The van der Waals surface area contributed by atoms with Gasteiger partial charge in [0.2, 0.25) is 0 Å². The molecule has 0 aliphatic carbocycles. The molecule has 2 aromatic carbocycles. The fraction of sp³-hybridized carbons (Fsp3) is 0.188. The molecule has 0 saturated heterocycles. The highest BCUT2D eigenvalue weighted by Gasteiger charge is 2.07. The van der Waals surface area contributed by atoms with Crippen LogP contribution in [-0.4, -0.2) is 13.0 Å². The van der Waals surface area contributed by atoms with E-state index in [9.17, 15) is 4.79 Å². The van der Waals surface area contributed by atoms with Crippen molar-refractivity contribution >= 4 is 17.5 Å². The molecule has 104 valence electrons. The minimum absolute atomic E-state index is 0.122. The number of alkyl halides is 1. The Hall–Kier alpha value is -2.00. The molecule has 0 fully saturated rings. The third kappa shape index (κ3) is 3.52. The molecule has 0 aromatic heterocycles. The summed E-state index contributed by atoms with van der Waals surface area (Å²) in [5.41, 5.74) is 2.48. The average Bonchev–Trinajstić information content (AvgIpc) is 2.52. The van der Waals surface area contributed by atoms with Gasteiger partial charge in [0.25, 0.3) is 5.91 Å². The molecule has 2 rings (SSSR count). The van der Waals surface area contributed by atoms with E-state index in [1.165, 1.54) is 0 Å². The summed E-state index contributed by atoms with van der Waals surface area (Å²) in [6.45, 7) is 0.425. The van der Waals surface area contributed by atoms with Gasteiger partial charge in [-0.1, -0.05) is 30.3 Å². The quantitative estimate of drug-likeness (QED) is 0.857. The summed E-state index contributed by atoms with van der Waals surface area (Å²) in [5, 5.41) is 2.88. The van der Waals surface area contributed by atoms with Gasteiger partial charge in [0.05, 0.1) is 7.11 Å². The van der Waals surface area contributed by atoms with Crippen molar-refractivity contribution in [1.82, 2.24) is 5.32 Å². The van der Waals surface area contributed by atoms with Crippen LogP contribution in [0.5, 0.6) is 5.75 Å². The largest absolute Gasteiger partial charge is 0.496 e. The SMILES string of the molecule is COc1ccccc1CNC(=O)c1cccc(CCl)c1. The number of halogens is 1. The third-order valence-corrected chi connectivity index (χ3v) is 3.28. The molecule has 0 bridgehead atoms. The van der Waals surface area contributed by atoms with E-state index in [1.54, 1.807) is 19.2 Å². The molecular formula is C16H16ClNO2. The van der Waals surface area contributed by atoms with Crippen molar-refractivity contribution in [1.29, 1.82) is 0 Å². The zero-order chi connectivity index (χ0) is 14.4. The molecule has 2 aromatic rings. The zero-order valence-electron chi connectivity index (χ0n) is 11.2. The number of carbonyl (C=O) groups excluding carboxylic acids is 1. The summed E-state index contributed by atoms with van der Waals surface area (Å²) in [6, 6.07) is 14.9. The second kappa shape index (κ2) is 6.96. The van der Waals surface area contributed by atoms with Crippen LogP contribution in [-0.2, 0) is 12.4 Å². The molecule has 4 heteroatoms.